The van der Waals surface area contributed by atoms with Crippen LogP contribution in [-0.2, 0) is 36.1 Å². The Hall–Kier alpha value is -3.58. The molecule has 1 aliphatic heterocycles. The number of hydrogen-bond donors (Lipinski definition) is 4. The van der Waals surface area contributed by atoms with Crippen molar-refractivity contribution in [3.8, 4) is 5.75 Å². The molecule has 3 heterocycles. The summed E-state index contributed by atoms with van der Waals surface area (Å²) in [5.41, 5.74) is 2.49. The summed E-state index contributed by atoms with van der Waals surface area (Å²) < 4.78 is 46.5. The summed E-state index contributed by atoms with van der Waals surface area (Å²) in [6.07, 6.45) is 5.70. The number of rotatable bonds is 9. The standard InChI is InChI=1S/C13H12N4O.C8H10AsNO5.C6H12O2/c1-2-4-11(5-3-1)7-18-10-17-9-16-13-12(17)6-14-8-15-13;1-5(11)10-8-6(9(13,14)15)3-2-4-7(8)12;1-5(2)7-3-6-4-8-6/h1-6,8-9H,7,10H2;2-4,12H,1H3,(H,10,11)(H2,13,14,15);5-6H,3-4H2,1-2H3. The number of hydrogen-bond acceptors (Lipinski definition) is 9. The zero-order valence-electron chi connectivity index (χ0n) is 23.0. The SMILES string of the molecule is CC(=O)Nc1c(O)cccc1[As](=O)(O)O.CC(C)OCC1CO1.c1ccc(COCn2cnc3ncncc32)cc1. The molecule has 0 saturated carbocycles. The Morgan fingerprint density at radius 1 is 1.17 bits per heavy atom. The summed E-state index contributed by atoms with van der Waals surface area (Å²) in [4.78, 5) is 23.0. The van der Waals surface area contributed by atoms with E-state index >= 15 is 0 Å². The number of anilines is 1. The van der Waals surface area contributed by atoms with Crippen molar-refractivity contribution >= 4 is 41.3 Å². The molecule has 1 fully saturated rings. The second-order valence-electron chi connectivity index (χ2n) is 9.14. The number of carbonyl (C=O) groups excluding carboxylic acids is 1. The third-order valence-corrected chi connectivity index (χ3v) is 7.40. The molecule has 1 unspecified atom stereocenters. The monoisotopic (exact) mass is 631 g/mol. The van der Waals surface area contributed by atoms with Crippen LogP contribution in [0.5, 0.6) is 5.75 Å². The Morgan fingerprint density at radius 2 is 1.90 bits per heavy atom. The van der Waals surface area contributed by atoms with Crippen LogP contribution < -0.4 is 9.67 Å². The Balaban J connectivity index is 0.000000182. The van der Waals surface area contributed by atoms with Gasteiger partial charge in [0, 0.05) is 0 Å². The van der Waals surface area contributed by atoms with E-state index in [0.29, 0.717) is 31.2 Å². The number of epoxide rings is 1. The summed E-state index contributed by atoms with van der Waals surface area (Å²) >= 11 is -5.14. The number of nitrogens with one attached hydrogen (secondary N) is 1. The number of phenols is 1. The molecule has 0 aliphatic carbocycles. The third-order valence-electron chi connectivity index (χ3n) is 5.30. The third kappa shape index (κ3) is 11.1. The minimum atomic E-state index is -5.14. The Morgan fingerprint density at radius 3 is 2.54 bits per heavy atom. The summed E-state index contributed by atoms with van der Waals surface area (Å²) in [5.74, 6) is -0.880. The molecule has 4 N–H and O–H groups in total. The minimum Gasteiger partial charge on any atom is -0.376 e. The topological polar surface area (TPSA) is 181 Å². The van der Waals surface area contributed by atoms with Crippen molar-refractivity contribution in [3.63, 3.8) is 0 Å². The van der Waals surface area contributed by atoms with Gasteiger partial charge in [0.1, 0.15) is 24.7 Å². The summed E-state index contributed by atoms with van der Waals surface area (Å²) in [5, 5.41) is 11.5. The van der Waals surface area contributed by atoms with Crippen molar-refractivity contribution in [3.05, 3.63) is 72.9 Å². The van der Waals surface area contributed by atoms with E-state index < -0.39 is 20.1 Å². The first kappa shape index (κ1) is 31.9. The predicted molar refractivity (Wildman–Crippen MR) is 150 cm³/mol. The number of para-hydroxylation sites is 1. The van der Waals surface area contributed by atoms with E-state index in [1.165, 1.54) is 31.5 Å². The van der Waals surface area contributed by atoms with Crippen LogP contribution in [-0.4, -0.2) is 78.3 Å². The Labute approximate surface area is 240 Å². The predicted octanol–water partition coefficient (Wildman–Crippen LogP) is 1.72. The van der Waals surface area contributed by atoms with Crippen LogP contribution >= 0.6 is 0 Å². The molecule has 220 valence electrons. The number of phenolic OH excluding ortho intramolecular Hbond substituents is 1. The van der Waals surface area contributed by atoms with Gasteiger partial charge < -0.3 is 18.8 Å². The molecule has 4 aromatic rings. The summed E-state index contributed by atoms with van der Waals surface area (Å²) in [7, 11) is 0. The van der Waals surface area contributed by atoms with Crippen LogP contribution in [0.3, 0.4) is 0 Å². The van der Waals surface area contributed by atoms with Crippen LogP contribution in [0, 0.1) is 0 Å². The average Bonchev–Trinajstić information content (AvgIpc) is 3.68. The first-order valence-electron chi connectivity index (χ1n) is 12.7. The fourth-order valence-corrected chi connectivity index (χ4v) is 4.84. The van der Waals surface area contributed by atoms with Gasteiger partial charge in [-0.2, -0.15) is 0 Å². The quantitative estimate of drug-likeness (QED) is 0.120. The van der Waals surface area contributed by atoms with Crippen molar-refractivity contribution in [2.24, 2.45) is 0 Å². The number of aromatic nitrogens is 4. The van der Waals surface area contributed by atoms with Gasteiger partial charge >= 0.3 is 88.1 Å². The van der Waals surface area contributed by atoms with Crippen LogP contribution in [0.2, 0.25) is 0 Å². The number of aromatic hydroxyl groups is 1. The molecule has 41 heavy (non-hydrogen) atoms. The number of benzene rings is 2. The summed E-state index contributed by atoms with van der Waals surface area (Å²) in [6, 6.07) is 13.8. The average molecular weight is 632 g/mol. The molecule has 1 aliphatic rings. The Bertz CT molecular complexity index is 1440. The molecule has 14 heteroatoms. The largest absolute Gasteiger partial charge is 0.376 e. The molecular formula is C27H34AsN5O8. The van der Waals surface area contributed by atoms with Gasteiger partial charge in [-0.05, 0) is 19.4 Å². The zero-order valence-corrected chi connectivity index (χ0v) is 24.8. The molecule has 2 aromatic heterocycles. The fraction of sp³-hybridized carbons (Fsp3) is 0.333. The molecule has 5 rings (SSSR count). The molecule has 0 spiro atoms. The van der Waals surface area contributed by atoms with Gasteiger partial charge in [-0.15, -0.1) is 0 Å². The number of ether oxygens (including phenoxy) is 3. The van der Waals surface area contributed by atoms with Crippen molar-refractivity contribution in [2.75, 3.05) is 18.5 Å². The van der Waals surface area contributed by atoms with Gasteiger partial charge in [-0.1, -0.05) is 30.3 Å². The van der Waals surface area contributed by atoms with E-state index in [9.17, 15) is 13.6 Å². The molecule has 2 aromatic carbocycles. The Kier molecular flexibility index (Phi) is 12.0. The van der Waals surface area contributed by atoms with E-state index in [1.54, 1.807) is 12.5 Å². The van der Waals surface area contributed by atoms with E-state index in [1.807, 2.05) is 48.7 Å². The first-order chi connectivity index (χ1) is 19.5. The molecule has 1 saturated heterocycles. The normalized spacial score (nSPS) is 14.0. The van der Waals surface area contributed by atoms with Crippen molar-refractivity contribution < 1.29 is 36.0 Å². The van der Waals surface area contributed by atoms with Crippen LogP contribution in [0.4, 0.5) is 5.69 Å². The van der Waals surface area contributed by atoms with Crippen LogP contribution in [0.1, 0.15) is 26.3 Å². The molecule has 0 radical (unpaired) electrons. The molecular weight excluding hydrogens is 597 g/mol. The van der Waals surface area contributed by atoms with Gasteiger partial charge in [0.25, 0.3) is 0 Å². The van der Waals surface area contributed by atoms with Crippen molar-refractivity contribution in [2.45, 2.75) is 46.3 Å². The smallest absolute Gasteiger partial charge is 0.180 e. The maximum Gasteiger partial charge on any atom is 0.180 e. The van der Waals surface area contributed by atoms with Gasteiger partial charge in [0.2, 0.25) is 0 Å². The van der Waals surface area contributed by atoms with Gasteiger partial charge in [0.05, 0.1) is 38.4 Å². The van der Waals surface area contributed by atoms with E-state index in [0.717, 1.165) is 24.3 Å². The minimum absolute atomic E-state index is 0.225. The number of amides is 1. The second kappa shape index (κ2) is 15.4. The maximum absolute atomic E-state index is 11.1. The molecule has 13 nitrogen and oxygen atoms in total. The zero-order chi connectivity index (χ0) is 29.8. The van der Waals surface area contributed by atoms with Gasteiger partial charge in [-0.3, -0.25) is 0 Å². The van der Waals surface area contributed by atoms with Crippen LogP contribution in [0.25, 0.3) is 11.2 Å². The van der Waals surface area contributed by atoms with Gasteiger partial charge in [0.15, 0.2) is 5.65 Å². The molecule has 1 amide bonds. The van der Waals surface area contributed by atoms with E-state index in [2.05, 4.69) is 20.3 Å². The van der Waals surface area contributed by atoms with E-state index in [-0.39, 0.29) is 15.8 Å². The van der Waals surface area contributed by atoms with Crippen LogP contribution in [0.15, 0.2) is 67.4 Å². The number of carbonyl (C=O) groups is 1. The summed E-state index contributed by atoms with van der Waals surface area (Å²) in [6.45, 7) is 7.94. The number of nitrogens with zero attached hydrogens (tertiary/aromatic N) is 4. The molecule has 0 bridgehead atoms. The molecule has 1 atom stereocenters. The van der Waals surface area contributed by atoms with Crippen molar-refractivity contribution in [1.29, 1.82) is 0 Å². The van der Waals surface area contributed by atoms with Crippen molar-refractivity contribution in [1.82, 2.24) is 19.5 Å². The second-order valence-corrected chi connectivity index (χ2v) is 12.4. The van der Waals surface area contributed by atoms with E-state index in [4.69, 9.17) is 22.4 Å². The number of imidazole rings is 1. The maximum atomic E-state index is 11.1. The first-order valence-corrected chi connectivity index (χ1v) is 16.0. The fourth-order valence-electron chi connectivity index (χ4n) is 3.28. The number of fused-ring (bicyclic) bond motifs is 1. The van der Waals surface area contributed by atoms with Gasteiger partial charge in [-0.25, -0.2) is 15.0 Å².